The summed E-state index contributed by atoms with van der Waals surface area (Å²) in [5, 5.41) is 0. The summed E-state index contributed by atoms with van der Waals surface area (Å²) in [6.45, 7) is 0.505. The normalized spacial score (nSPS) is 11.3. The second kappa shape index (κ2) is 5.51. The summed E-state index contributed by atoms with van der Waals surface area (Å²) < 4.78 is 5.82. The highest BCUT2D eigenvalue weighted by Crippen LogP contribution is 2.19. The molecule has 114 valence electrons. The van der Waals surface area contributed by atoms with Crippen LogP contribution in [-0.2, 0) is 20.6 Å². The minimum absolute atomic E-state index is 0.272. The summed E-state index contributed by atoms with van der Waals surface area (Å²) >= 11 is 6.78. The monoisotopic (exact) mass is 426 g/mol. The van der Waals surface area contributed by atoms with Crippen LogP contribution in [0.3, 0.4) is 0 Å². The van der Waals surface area contributed by atoms with Crippen LogP contribution in [0.4, 0.5) is 0 Å². The Morgan fingerprint density at radius 2 is 1.68 bits per heavy atom. The van der Waals surface area contributed by atoms with Gasteiger partial charge in [-0.2, -0.15) is 0 Å². The van der Waals surface area contributed by atoms with Gasteiger partial charge in [-0.05, 0) is 33.6 Å². The zero-order valence-electron chi connectivity index (χ0n) is 11.9. The lowest BCUT2D eigenvalue weighted by Crippen LogP contribution is -2.37. The first-order valence-corrected chi connectivity index (χ1v) is 8.05. The summed E-state index contributed by atoms with van der Waals surface area (Å²) in [4.78, 5) is 28.6. The number of aryl methyl sites for hydroxylation is 1. The van der Waals surface area contributed by atoms with E-state index in [0.717, 1.165) is 14.6 Å². The van der Waals surface area contributed by atoms with Crippen molar-refractivity contribution >= 4 is 43.0 Å². The SMILES string of the molecule is Cn1c(=O)c2nc(Br)n(Cc3ccc(Br)cc3)c2n(C)c1=O. The first-order chi connectivity index (χ1) is 10.4. The summed E-state index contributed by atoms with van der Waals surface area (Å²) in [7, 11) is 3.09. The molecule has 2 heterocycles. The number of benzene rings is 1. The van der Waals surface area contributed by atoms with Gasteiger partial charge in [0, 0.05) is 18.6 Å². The minimum Gasteiger partial charge on any atom is -0.300 e. The van der Waals surface area contributed by atoms with Crippen molar-refractivity contribution in [2.75, 3.05) is 0 Å². The van der Waals surface area contributed by atoms with Crippen LogP contribution in [0.1, 0.15) is 5.56 Å². The molecule has 1 aromatic carbocycles. The van der Waals surface area contributed by atoms with Crippen molar-refractivity contribution in [2.45, 2.75) is 6.54 Å². The maximum absolute atomic E-state index is 12.2. The van der Waals surface area contributed by atoms with Crippen LogP contribution in [-0.4, -0.2) is 18.7 Å². The summed E-state index contributed by atoms with van der Waals surface area (Å²) in [5.41, 5.74) is 1.04. The Labute approximate surface area is 142 Å². The lowest BCUT2D eigenvalue weighted by Gasteiger charge is -2.09. The second-order valence-corrected chi connectivity index (χ2v) is 6.60. The Morgan fingerprint density at radius 3 is 2.32 bits per heavy atom. The lowest BCUT2D eigenvalue weighted by molar-refractivity contribution is 0.685. The molecule has 0 fully saturated rings. The highest BCUT2D eigenvalue weighted by atomic mass is 79.9. The third-order valence-electron chi connectivity index (χ3n) is 3.55. The van der Waals surface area contributed by atoms with Crippen molar-refractivity contribution in [3.8, 4) is 0 Å². The number of hydrogen-bond donors (Lipinski definition) is 0. The van der Waals surface area contributed by atoms with E-state index in [1.165, 1.54) is 11.6 Å². The quantitative estimate of drug-likeness (QED) is 0.587. The van der Waals surface area contributed by atoms with Gasteiger partial charge in [-0.25, -0.2) is 9.78 Å². The van der Waals surface area contributed by atoms with E-state index >= 15 is 0 Å². The highest BCUT2D eigenvalue weighted by molar-refractivity contribution is 9.10. The Hall–Kier alpha value is -1.67. The molecule has 6 nitrogen and oxygen atoms in total. The number of imidazole rings is 1. The van der Waals surface area contributed by atoms with Gasteiger partial charge in [0.05, 0.1) is 6.54 Å². The molecule has 2 aromatic heterocycles. The van der Waals surface area contributed by atoms with Crippen LogP contribution in [0.25, 0.3) is 11.2 Å². The average molecular weight is 428 g/mol. The van der Waals surface area contributed by atoms with Gasteiger partial charge in [0.2, 0.25) is 0 Å². The van der Waals surface area contributed by atoms with Gasteiger partial charge >= 0.3 is 5.69 Å². The molecule has 0 radical (unpaired) electrons. The third-order valence-corrected chi connectivity index (χ3v) is 4.68. The maximum atomic E-state index is 12.2. The molecule has 0 aliphatic carbocycles. The number of aromatic nitrogens is 4. The predicted octanol–water partition coefficient (Wildman–Crippen LogP) is 2.01. The smallest absolute Gasteiger partial charge is 0.300 e. The number of fused-ring (bicyclic) bond motifs is 1. The molecule has 0 aliphatic rings. The van der Waals surface area contributed by atoms with Crippen molar-refractivity contribution in [1.82, 2.24) is 18.7 Å². The molecule has 3 aromatic rings. The number of nitrogens with zero attached hydrogens (tertiary/aromatic N) is 4. The Morgan fingerprint density at radius 1 is 1.05 bits per heavy atom. The fourth-order valence-electron chi connectivity index (χ4n) is 2.38. The van der Waals surface area contributed by atoms with Gasteiger partial charge in [-0.15, -0.1) is 0 Å². The first-order valence-electron chi connectivity index (χ1n) is 6.46. The van der Waals surface area contributed by atoms with Gasteiger partial charge in [0.25, 0.3) is 5.56 Å². The van der Waals surface area contributed by atoms with Crippen LogP contribution in [0.5, 0.6) is 0 Å². The third kappa shape index (κ3) is 2.36. The van der Waals surface area contributed by atoms with Gasteiger partial charge < -0.3 is 0 Å². The van der Waals surface area contributed by atoms with Gasteiger partial charge in [0.1, 0.15) is 0 Å². The van der Waals surface area contributed by atoms with E-state index in [2.05, 4.69) is 36.8 Å². The number of rotatable bonds is 2. The molecule has 0 saturated carbocycles. The first kappa shape index (κ1) is 15.2. The van der Waals surface area contributed by atoms with Crippen molar-refractivity contribution in [3.63, 3.8) is 0 Å². The zero-order valence-corrected chi connectivity index (χ0v) is 15.0. The molecule has 0 spiro atoms. The predicted molar refractivity (Wildman–Crippen MR) is 91.2 cm³/mol. The van der Waals surface area contributed by atoms with E-state index in [1.807, 2.05) is 24.3 Å². The van der Waals surface area contributed by atoms with E-state index in [9.17, 15) is 9.59 Å². The van der Waals surface area contributed by atoms with E-state index in [1.54, 1.807) is 11.6 Å². The fourth-order valence-corrected chi connectivity index (χ4v) is 3.11. The van der Waals surface area contributed by atoms with Crippen molar-refractivity contribution < 1.29 is 0 Å². The molecule has 0 unspecified atom stereocenters. The van der Waals surface area contributed by atoms with Gasteiger partial charge in [-0.3, -0.25) is 18.5 Å². The van der Waals surface area contributed by atoms with Crippen LogP contribution in [0, 0.1) is 0 Å². The van der Waals surface area contributed by atoms with E-state index in [-0.39, 0.29) is 11.2 Å². The van der Waals surface area contributed by atoms with E-state index in [0.29, 0.717) is 16.9 Å². The van der Waals surface area contributed by atoms with Crippen molar-refractivity contribution in [2.24, 2.45) is 14.1 Å². The summed E-state index contributed by atoms with van der Waals surface area (Å²) in [5.74, 6) is 0. The second-order valence-electron chi connectivity index (χ2n) is 4.97. The highest BCUT2D eigenvalue weighted by Gasteiger charge is 2.17. The Balaban J connectivity index is 2.26. The van der Waals surface area contributed by atoms with E-state index < -0.39 is 5.56 Å². The molecule has 3 rings (SSSR count). The maximum Gasteiger partial charge on any atom is 0.332 e. The van der Waals surface area contributed by atoms with Crippen LogP contribution in [0.2, 0.25) is 0 Å². The minimum atomic E-state index is -0.395. The van der Waals surface area contributed by atoms with Gasteiger partial charge in [-0.1, -0.05) is 28.1 Å². The molecule has 0 atom stereocenters. The van der Waals surface area contributed by atoms with E-state index in [4.69, 9.17) is 0 Å². The molecule has 0 aliphatic heterocycles. The fraction of sp³-hybridized carbons (Fsp3) is 0.214. The summed E-state index contributed by atoms with van der Waals surface area (Å²) in [6, 6.07) is 7.84. The molecule has 0 saturated heterocycles. The van der Waals surface area contributed by atoms with Crippen LogP contribution >= 0.6 is 31.9 Å². The largest absolute Gasteiger partial charge is 0.332 e. The van der Waals surface area contributed by atoms with Crippen molar-refractivity contribution in [3.05, 3.63) is 59.9 Å². The number of halogens is 2. The molecule has 0 amide bonds. The Kier molecular flexibility index (Phi) is 3.82. The molecule has 0 bridgehead atoms. The Bertz CT molecular complexity index is 983. The van der Waals surface area contributed by atoms with Crippen molar-refractivity contribution in [1.29, 1.82) is 0 Å². The topological polar surface area (TPSA) is 61.8 Å². The average Bonchev–Trinajstić information content (AvgIpc) is 2.82. The summed E-state index contributed by atoms with van der Waals surface area (Å²) in [6.07, 6.45) is 0. The molecular formula is C14H12Br2N4O2. The molecule has 22 heavy (non-hydrogen) atoms. The molecule has 8 heteroatoms. The van der Waals surface area contributed by atoms with Crippen LogP contribution < -0.4 is 11.2 Å². The molecular weight excluding hydrogens is 416 g/mol. The zero-order chi connectivity index (χ0) is 16.0. The lowest BCUT2D eigenvalue weighted by atomic mass is 10.2. The molecule has 0 N–H and O–H groups in total. The number of hydrogen-bond acceptors (Lipinski definition) is 3. The standard InChI is InChI=1S/C14H12Br2N4O2/c1-18-11-10(12(21)19(2)14(18)22)17-13(16)20(11)7-8-3-5-9(15)6-4-8/h3-6H,7H2,1-2H3. The van der Waals surface area contributed by atoms with Crippen LogP contribution in [0.15, 0.2) is 43.1 Å². The van der Waals surface area contributed by atoms with Gasteiger partial charge in [0.15, 0.2) is 15.9 Å².